The van der Waals surface area contributed by atoms with Crippen molar-refractivity contribution in [2.24, 2.45) is 17.3 Å². The largest absolute Gasteiger partial charge is 0.469 e. The smallest absolute Gasteiger partial charge is 0.312 e. The molecule has 0 N–H and O–H groups in total. The molecule has 0 saturated heterocycles. The van der Waals surface area contributed by atoms with Crippen LogP contribution < -0.4 is 0 Å². The highest BCUT2D eigenvalue weighted by Gasteiger charge is 2.47. The van der Waals surface area contributed by atoms with Crippen molar-refractivity contribution in [2.75, 3.05) is 7.11 Å². The molecular formula is C11H16O2. The van der Waals surface area contributed by atoms with Gasteiger partial charge in [0, 0.05) is 0 Å². The van der Waals surface area contributed by atoms with E-state index in [0.29, 0.717) is 11.8 Å². The van der Waals surface area contributed by atoms with Crippen LogP contribution in [0.2, 0.25) is 0 Å². The summed E-state index contributed by atoms with van der Waals surface area (Å²) in [7, 11) is 1.49. The molecule has 2 heteroatoms. The van der Waals surface area contributed by atoms with Crippen LogP contribution in [0, 0.1) is 17.3 Å². The van der Waals surface area contributed by atoms with Gasteiger partial charge >= 0.3 is 5.97 Å². The Morgan fingerprint density at radius 1 is 1.46 bits per heavy atom. The zero-order chi connectivity index (χ0) is 9.47. The summed E-state index contributed by atoms with van der Waals surface area (Å²) in [6, 6.07) is 0. The number of hydrogen-bond acceptors (Lipinski definition) is 2. The lowest BCUT2D eigenvalue weighted by Crippen LogP contribution is -2.43. The monoisotopic (exact) mass is 180 g/mol. The molecule has 3 atom stereocenters. The quantitative estimate of drug-likeness (QED) is 0.456. The van der Waals surface area contributed by atoms with Crippen molar-refractivity contribution >= 4 is 5.97 Å². The number of rotatable bonds is 1. The number of carbonyl (C=O) groups is 1. The van der Waals surface area contributed by atoms with E-state index in [4.69, 9.17) is 4.74 Å². The Bertz CT molecular complexity index is 257. The maximum absolute atomic E-state index is 11.6. The summed E-state index contributed by atoms with van der Waals surface area (Å²) >= 11 is 0. The van der Waals surface area contributed by atoms with E-state index >= 15 is 0 Å². The van der Waals surface area contributed by atoms with E-state index in [0.717, 1.165) is 12.8 Å². The van der Waals surface area contributed by atoms with Crippen molar-refractivity contribution < 1.29 is 9.53 Å². The van der Waals surface area contributed by atoms with E-state index in [1.54, 1.807) is 0 Å². The first kappa shape index (κ1) is 8.79. The van der Waals surface area contributed by atoms with Gasteiger partial charge in [0.1, 0.15) is 0 Å². The number of allylic oxidation sites excluding steroid dienone is 2. The van der Waals surface area contributed by atoms with Gasteiger partial charge in [0.25, 0.3) is 0 Å². The van der Waals surface area contributed by atoms with E-state index in [1.807, 2.05) is 6.92 Å². The summed E-state index contributed by atoms with van der Waals surface area (Å²) in [6.07, 6.45) is 7.83. The first-order valence-corrected chi connectivity index (χ1v) is 4.93. The number of hydrogen-bond donors (Lipinski definition) is 0. The van der Waals surface area contributed by atoms with Crippen LogP contribution in [-0.4, -0.2) is 13.1 Å². The average molecular weight is 180 g/mol. The Balaban J connectivity index is 2.25. The van der Waals surface area contributed by atoms with E-state index in [1.165, 1.54) is 13.5 Å². The molecule has 0 aliphatic heterocycles. The Morgan fingerprint density at radius 2 is 2.23 bits per heavy atom. The highest BCUT2D eigenvalue weighted by Crippen LogP contribution is 2.49. The lowest BCUT2D eigenvalue weighted by atomic mass is 9.60. The minimum Gasteiger partial charge on any atom is -0.469 e. The van der Waals surface area contributed by atoms with E-state index in [-0.39, 0.29) is 11.4 Å². The van der Waals surface area contributed by atoms with E-state index in [2.05, 4.69) is 12.2 Å². The third-order valence-corrected chi connectivity index (χ3v) is 3.62. The molecular weight excluding hydrogens is 164 g/mol. The fourth-order valence-electron chi connectivity index (χ4n) is 2.74. The second-order valence-corrected chi connectivity index (χ2v) is 4.44. The summed E-state index contributed by atoms with van der Waals surface area (Å²) in [5.74, 6) is 0.977. The van der Waals surface area contributed by atoms with Gasteiger partial charge in [0.2, 0.25) is 0 Å². The van der Waals surface area contributed by atoms with Crippen LogP contribution in [0.25, 0.3) is 0 Å². The van der Waals surface area contributed by atoms with E-state index < -0.39 is 0 Å². The third kappa shape index (κ3) is 1.19. The summed E-state index contributed by atoms with van der Waals surface area (Å²) < 4.78 is 4.87. The summed E-state index contributed by atoms with van der Waals surface area (Å²) in [6.45, 7) is 2.04. The first-order chi connectivity index (χ1) is 6.16. The van der Waals surface area contributed by atoms with Gasteiger partial charge in [-0.05, 0) is 38.0 Å². The average Bonchev–Trinajstić information content (AvgIpc) is 2.18. The van der Waals surface area contributed by atoms with Crippen LogP contribution in [0.3, 0.4) is 0 Å². The van der Waals surface area contributed by atoms with Crippen molar-refractivity contribution in [3.05, 3.63) is 12.2 Å². The molecule has 0 amide bonds. The molecule has 0 aromatic carbocycles. The zero-order valence-corrected chi connectivity index (χ0v) is 8.25. The highest BCUT2D eigenvalue weighted by atomic mass is 16.5. The van der Waals surface area contributed by atoms with Crippen LogP contribution in [0.4, 0.5) is 0 Å². The molecule has 0 aromatic heterocycles. The molecule has 1 fully saturated rings. The lowest BCUT2D eigenvalue weighted by molar-refractivity contribution is -0.157. The van der Waals surface area contributed by atoms with Gasteiger partial charge in [-0.2, -0.15) is 0 Å². The molecule has 0 radical (unpaired) electrons. The number of carbonyl (C=O) groups excluding carboxylic acids is 1. The topological polar surface area (TPSA) is 26.3 Å². The number of ether oxygens (including phenoxy) is 1. The number of fused-ring (bicyclic) bond motifs is 2. The van der Waals surface area contributed by atoms with E-state index in [9.17, 15) is 4.79 Å². The minimum atomic E-state index is -0.244. The van der Waals surface area contributed by atoms with Crippen LogP contribution in [0.15, 0.2) is 12.2 Å². The SMILES string of the molecule is COC(=O)[C@]1(C)C[C@H]2C=C[C@@H]1CC2. The van der Waals surface area contributed by atoms with Crippen LogP contribution >= 0.6 is 0 Å². The molecule has 0 unspecified atom stereocenters. The fraction of sp³-hybridized carbons (Fsp3) is 0.727. The van der Waals surface area contributed by atoms with Crippen molar-refractivity contribution in [2.45, 2.75) is 26.2 Å². The summed E-state index contributed by atoms with van der Waals surface area (Å²) in [5.41, 5.74) is -0.244. The van der Waals surface area contributed by atoms with Crippen LogP contribution in [0.1, 0.15) is 26.2 Å². The molecule has 3 rings (SSSR count). The van der Waals surface area contributed by atoms with Crippen LogP contribution in [0.5, 0.6) is 0 Å². The summed E-state index contributed by atoms with van der Waals surface area (Å²) in [4.78, 5) is 11.6. The number of esters is 1. The predicted octanol–water partition coefficient (Wildman–Crippen LogP) is 2.15. The molecule has 2 bridgehead atoms. The van der Waals surface area contributed by atoms with Gasteiger partial charge < -0.3 is 4.74 Å². The lowest BCUT2D eigenvalue weighted by Gasteiger charge is -2.44. The van der Waals surface area contributed by atoms with Gasteiger partial charge in [0.15, 0.2) is 0 Å². The second-order valence-electron chi connectivity index (χ2n) is 4.44. The Hall–Kier alpha value is -0.790. The molecule has 3 aliphatic rings. The number of methoxy groups -OCH3 is 1. The minimum absolute atomic E-state index is 0.0356. The van der Waals surface area contributed by atoms with Crippen molar-refractivity contribution in [3.63, 3.8) is 0 Å². The maximum Gasteiger partial charge on any atom is 0.312 e. The zero-order valence-electron chi connectivity index (χ0n) is 8.25. The standard InChI is InChI=1S/C11H16O2/c1-11(10(12)13-2)7-8-3-5-9(11)6-4-8/h3,5,8-9H,4,6-7H2,1-2H3/t8-,9+,11+/m0/s1. The maximum atomic E-state index is 11.6. The third-order valence-electron chi connectivity index (χ3n) is 3.62. The second kappa shape index (κ2) is 2.86. The Morgan fingerprint density at radius 3 is 2.62 bits per heavy atom. The Kier molecular flexibility index (Phi) is 1.94. The van der Waals surface area contributed by atoms with Crippen molar-refractivity contribution in [3.8, 4) is 0 Å². The highest BCUT2D eigenvalue weighted by molar-refractivity contribution is 5.77. The van der Waals surface area contributed by atoms with Gasteiger partial charge in [-0.1, -0.05) is 12.2 Å². The van der Waals surface area contributed by atoms with Gasteiger partial charge in [-0.15, -0.1) is 0 Å². The molecule has 0 spiro atoms. The van der Waals surface area contributed by atoms with Gasteiger partial charge in [-0.3, -0.25) is 4.79 Å². The Labute approximate surface area is 79.0 Å². The molecule has 0 aromatic rings. The van der Waals surface area contributed by atoms with Gasteiger partial charge in [-0.25, -0.2) is 0 Å². The fourth-order valence-corrected chi connectivity index (χ4v) is 2.74. The first-order valence-electron chi connectivity index (χ1n) is 4.93. The predicted molar refractivity (Wildman–Crippen MR) is 50.1 cm³/mol. The molecule has 0 heterocycles. The van der Waals surface area contributed by atoms with Crippen molar-refractivity contribution in [1.29, 1.82) is 0 Å². The van der Waals surface area contributed by atoms with Crippen molar-refractivity contribution in [1.82, 2.24) is 0 Å². The normalized spacial score (nSPS) is 42.0. The summed E-state index contributed by atoms with van der Waals surface area (Å²) in [5, 5.41) is 0. The van der Waals surface area contributed by atoms with Crippen LogP contribution in [-0.2, 0) is 9.53 Å². The molecule has 3 aliphatic carbocycles. The molecule has 2 nitrogen and oxygen atoms in total. The van der Waals surface area contributed by atoms with Gasteiger partial charge in [0.05, 0.1) is 12.5 Å². The molecule has 72 valence electrons. The molecule has 1 saturated carbocycles. The molecule has 13 heavy (non-hydrogen) atoms.